The standard InChI is InChI=1S/C14H11BrFN3O2/c1-7-9(16)3-4-10(11(7)15)19-6-8(5-17)12(18)13(19)14(20)21-2/h3-4,6H,18H2,1-2H3. The molecule has 0 aliphatic carbocycles. The predicted octanol–water partition coefficient (Wildman–Crippen LogP) is 2.93. The van der Waals surface area contributed by atoms with Crippen molar-refractivity contribution < 1.29 is 13.9 Å². The van der Waals surface area contributed by atoms with Gasteiger partial charge in [-0.3, -0.25) is 0 Å². The van der Waals surface area contributed by atoms with Gasteiger partial charge in [0.15, 0.2) is 5.69 Å². The fourth-order valence-corrected chi connectivity index (χ4v) is 2.45. The third-order valence-electron chi connectivity index (χ3n) is 3.10. The van der Waals surface area contributed by atoms with Gasteiger partial charge in [0.05, 0.1) is 24.0 Å². The second kappa shape index (κ2) is 5.58. The van der Waals surface area contributed by atoms with Gasteiger partial charge >= 0.3 is 5.97 Å². The number of aromatic nitrogens is 1. The molecule has 0 amide bonds. The van der Waals surface area contributed by atoms with E-state index in [0.717, 1.165) is 0 Å². The normalized spacial score (nSPS) is 10.2. The van der Waals surface area contributed by atoms with Gasteiger partial charge < -0.3 is 15.0 Å². The number of hydrogen-bond acceptors (Lipinski definition) is 4. The zero-order valence-electron chi connectivity index (χ0n) is 11.3. The van der Waals surface area contributed by atoms with Crippen molar-refractivity contribution in [3.8, 4) is 11.8 Å². The number of nitriles is 1. The van der Waals surface area contributed by atoms with E-state index >= 15 is 0 Å². The van der Waals surface area contributed by atoms with Gasteiger partial charge in [-0.25, -0.2) is 9.18 Å². The number of nitrogens with two attached hydrogens (primary N) is 1. The molecular formula is C14H11BrFN3O2. The summed E-state index contributed by atoms with van der Waals surface area (Å²) in [5, 5.41) is 9.06. The molecule has 2 rings (SSSR count). The summed E-state index contributed by atoms with van der Waals surface area (Å²) in [6.07, 6.45) is 1.42. The summed E-state index contributed by atoms with van der Waals surface area (Å²) in [5.41, 5.74) is 6.88. The Hall–Kier alpha value is -2.33. The van der Waals surface area contributed by atoms with Gasteiger partial charge in [0.25, 0.3) is 0 Å². The lowest BCUT2D eigenvalue weighted by molar-refractivity contribution is 0.0593. The Morgan fingerprint density at radius 1 is 1.52 bits per heavy atom. The van der Waals surface area contributed by atoms with Crippen LogP contribution in [0.25, 0.3) is 5.69 Å². The smallest absolute Gasteiger partial charge is 0.357 e. The van der Waals surface area contributed by atoms with Crippen LogP contribution in [0.2, 0.25) is 0 Å². The molecular weight excluding hydrogens is 341 g/mol. The highest BCUT2D eigenvalue weighted by Gasteiger charge is 2.23. The first-order chi connectivity index (χ1) is 9.92. The van der Waals surface area contributed by atoms with E-state index in [1.54, 1.807) is 6.92 Å². The minimum atomic E-state index is -0.678. The third-order valence-corrected chi connectivity index (χ3v) is 4.10. The Balaban J connectivity index is 2.79. The Bertz CT molecular complexity index is 778. The van der Waals surface area contributed by atoms with Gasteiger partial charge in [-0.15, -0.1) is 0 Å². The zero-order valence-corrected chi connectivity index (χ0v) is 12.9. The van der Waals surface area contributed by atoms with Crippen molar-refractivity contribution in [3.05, 3.63) is 45.4 Å². The van der Waals surface area contributed by atoms with E-state index in [2.05, 4.69) is 15.9 Å². The van der Waals surface area contributed by atoms with E-state index in [1.807, 2.05) is 6.07 Å². The molecule has 0 fully saturated rings. The first kappa shape index (κ1) is 15.1. The molecule has 2 N–H and O–H groups in total. The molecule has 1 aromatic carbocycles. The third kappa shape index (κ3) is 2.38. The van der Waals surface area contributed by atoms with Crippen molar-refractivity contribution >= 4 is 27.6 Å². The van der Waals surface area contributed by atoms with E-state index < -0.39 is 5.97 Å². The number of hydrogen-bond donors (Lipinski definition) is 1. The van der Waals surface area contributed by atoms with Gasteiger partial charge in [0.1, 0.15) is 11.9 Å². The second-order valence-corrected chi connectivity index (χ2v) is 5.08. The number of esters is 1. The van der Waals surface area contributed by atoms with Crippen LogP contribution in [-0.4, -0.2) is 17.6 Å². The Kier molecular flexibility index (Phi) is 4.00. The molecule has 0 aliphatic rings. The summed E-state index contributed by atoms with van der Waals surface area (Å²) in [6, 6.07) is 4.67. The van der Waals surface area contributed by atoms with E-state index in [9.17, 15) is 9.18 Å². The number of nitrogen functional groups attached to an aromatic ring is 1. The molecule has 0 radical (unpaired) electrons. The first-order valence-electron chi connectivity index (χ1n) is 5.86. The number of ether oxygens (including phenoxy) is 1. The highest BCUT2D eigenvalue weighted by Crippen LogP contribution is 2.31. The molecule has 0 aliphatic heterocycles. The number of anilines is 1. The minimum absolute atomic E-state index is 0.0261. The predicted molar refractivity (Wildman–Crippen MR) is 78.6 cm³/mol. The molecule has 21 heavy (non-hydrogen) atoms. The number of carbonyl (C=O) groups excluding carboxylic acids is 1. The number of methoxy groups -OCH3 is 1. The van der Waals surface area contributed by atoms with Crippen LogP contribution in [-0.2, 0) is 4.74 Å². The maximum absolute atomic E-state index is 13.5. The van der Waals surface area contributed by atoms with Crippen LogP contribution in [0.5, 0.6) is 0 Å². The van der Waals surface area contributed by atoms with Crippen LogP contribution in [0, 0.1) is 24.1 Å². The van der Waals surface area contributed by atoms with Crippen molar-refractivity contribution in [3.63, 3.8) is 0 Å². The van der Waals surface area contributed by atoms with Gasteiger partial charge in [-0.1, -0.05) is 0 Å². The highest BCUT2D eigenvalue weighted by atomic mass is 79.9. The maximum atomic E-state index is 13.5. The van der Waals surface area contributed by atoms with Crippen molar-refractivity contribution in [1.29, 1.82) is 5.26 Å². The summed E-state index contributed by atoms with van der Waals surface area (Å²) < 4.78 is 20.1. The summed E-state index contributed by atoms with van der Waals surface area (Å²) in [7, 11) is 1.22. The van der Waals surface area contributed by atoms with E-state index in [1.165, 1.54) is 30.0 Å². The van der Waals surface area contributed by atoms with E-state index in [-0.39, 0.29) is 22.8 Å². The van der Waals surface area contributed by atoms with Crippen LogP contribution in [0.3, 0.4) is 0 Å². The molecule has 0 atom stereocenters. The average Bonchev–Trinajstić information content (AvgIpc) is 2.80. The summed E-state index contributed by atoms with van der Waals surface area (Å²) >= 11 is 3.29. The van der Waals surface area contributed by atoms with Gasteiger partial charge in [0.2, 0.25) is 0 Å². The van der Waals surface area contributed by atoms with Gasteiger partial charge in [0, 0.05) is 16.2 Å². The first-order valence-corrected chi connectivity index (χ1v) is 6.65. The summed E-state index contributed by atoms with van der Waals surface area (Å²) in [5.74, 6) is -1.06. The van der Waals surface area contributed by atoms with Crippen LogP contribution in [0.15, 0.2) is 22.8 Å². The van der Waals surface area contributed by atoms with Crippen LogP contribution < -0.4 is 5.73 Å². The molecule has 0 bridgehead atoms. The topological polar surface area (TPSA) is 81.0 Å². The molecule has 108 valence electrons. The SMILES string of the molecule is COC(=O)c1c(N)c(C#N)cn1-c1ccc(F)c(C)c1Br. The fraction of sp³-hybridized carbons (Fsp3) is 0.143. The number of nitrogens with zero attached hydrogens (tertiary/aromatic N) is 2. The molecule has 7 heteroatoms. The van der Waals surface area contributed by atoms with E-state index in [0.29, 0.717) is 15.7 Å². The average molecular weight is 352 g/mol. The summed E-state index contributed by atoms with van der Waals surface area (Å²) in [6.45, 7) is 1.60. The maximum Gasteiger partial charge on any atom is 0.357 e. The zero-order chi connectivity index (χ0) is 15.7. The van der Waals surface area contributed by atoms with Crippen molar-refractivity contribution in [2.24, 2.45) is 0 Å². The van der Waals surface area contributed by atoms with Crippen molar-refractivity contribution in [2.75, 3.05) is 12.8 Å². The van der Waals surface area contributed by atoms with Crippen LogP contribution >= 0.6 is 15.9 Å². The van der Waals surface area contributed by atoms with E-state index in [4.69, 9.17) is 15.7 Å². The minimum Gasteiger partial charge on any atom is -0.464 e. The molecule has 1 heterocycles. The number of benzene rings is 1. The molecule has 0 unspecified atom stereocenters. The largest absolute Gasteiger partial charge is 0.464 e. The number of rotatable bonds is 2. The van der Waals surface area contributed by atoms with Crippen LogP contribution in [0.1, 0.15) is 21.6 Å². The van der Waals surface area contributed by atoms with Crippen molar-refractivity contribution in [1.82, 2.24) is 4.57 Å². The lowest BCUT2D eigenvalue weighted by Crippen LogP contribution is -2.11. The second-order valence-electron chi connectivity index (χ2n) is 4.28. The van der Waals surface area contributed by atoms with Crippen molar-refractivity contribution in [2.45, 2.75) is 6.92 Å². The molecule has 0 saturated heterocycles. The molecule has 1 aromatic heterocycles. The monoisotopic (exact) mass is 351 g/mol. The highest BCUT2D eigenvalue weighted by molar-refractivity contribution is 9.10. The quantitative estimate of drug-likeness (QED) is 0.843. The Labute approximate surface area is 128 Å². The van der Waals surface area contributed by atoms with Crippen LogP contribution in [0.4, 0.5) is 10.1 Å². The van der Waals surface area contributed by atoms with Gasteiger partial charge in [-0.2, -0.15) is 5.26 Å². The summed E-state index contributed by atoms with van der Waals surface area (Å²) in [4.78, 5) is 11.9. The number of carbonyl (C=O) groups is 1. The van der Waals surface area contributed by atoms with Gasteiger partial charge in [-0.05, 0) is 35.0 Å². The fourth-order valence-electron chi connectivity index (χ4n) is 1.94. The molecule has 5 nitrogen and oxygen atoms in total. The number of halogens is 2. The Morgan fingerprint density at radius 2 is 2.19 bits per heavy atom. The lowest BCUT2D eigenvalue weighted by atomic mass is 10.2. The molecule has 0 spiro atoms. The molecule has 0 saturated carbocycles. The molecule has 2 aromatic rings. The lowest BCUT2D eigenvalue weighted by Gasteiger charge is -2.12. The Morgan fingerprint density at radius 3 is 2.76 bits per heavy atom.